The molecule has 0 amide bonds. The van der Waals surface area contributed by atoms with Crippen molar-refractivity contribution in [3.8, 4) is 0 Å². The SMILES string of the molecule is CC(C)(C)P(OCc1ccccc1)c1ccccc1. The molecule has 1 unspecified atom stereocenters. The van der Waals surface area contributed by atoms with Crippen molar-refractivity contribution in [1.82, 2.24) is 0 Å². The van der Waals surface area contributed by atoms with Crippen molar-refractivity contribution in [1.29, 1.82) is 0 Å². The van der Waals surface area contributed by atoms with E-state index in [4.69, 9.17) is 4.52 Å². The largest absolute Gasteiger partial charge is 0.349 e. The Morgan fingerprint density at radius 3 is 1.89 bits per heavy atom. The van der Waals surface area contributed by atoms with E-state index in [0.717, 1.165) is 0 Å². The van der Waals surface area contributed by atoms with Gasteiger partial charge in [-0.25, -0.2) is 0 Å². The monoisotopic (exact) mass is 272 g/mol. The fourth-order valence-electron chi connectivity index (χ4n) is 1.93. The highest BCUT2D eigenvalue weighted by atomic mass is 31.1. The molecule has 2 heteroatoms. The van der Waals surface area contributed by atoms with E-state index in [1.165, 1.54) is 10.9 Å². The number of benzene rings is 2. The third-order valence-corrected chi connectivity index (χ3v) is 5.18. The Bertz CT molecular complexity index is 488. The Balaban J connectivity index is 2.12. The molecule has 19 heavy (non-hydrogen) atoms. The van der Waals surface area contributed by atoms with Crippen LogP contribution in [-0.4, -0.2) is 5.16 Å². The predicted molar refractivity (Wildman–Crippen MR) is 84.0 cm³/mol. The van der Waals surface area contributed by atoms with Gasteiger partial charge in [0.05, 0.1) is 14.8 Å². The molecule has 1 nitrogen and oxygen atoms in total. The predicted octanol–water partition coefficient (Wildman–Crippen LogP) is 4.72. The highest BCUT2D eigenvalue weighted by Crippen LogP contribution is 2.49. The number of rotatable bonds is 4. The summed E-state index contributed by atoms with van der Waals surface area (Å²) in [6.07, 6.45) is 0. The van der Waals surface area contributed by atoms with Gasteiger partial charge in [0.25, 0.3) is 0 Å². The molecule has 2 aromatic carbocycles. The smallest absolute Gasteiger partial charge is 0.0764 e. The van der Waals surface area contributed by atoms with Crippen molar-refractivity contribution in [3.63, 3.8) is 0 Å². The average Bonchev–Trinajstić information content (AvgIpc) is 2.40. The highest BCUT2D eigenvalue weighted by Gasteiger charge is 2.27. The van der Waals surface area contributed by atoms with Crippen LogP contribution in [0.15, 0.2) is 60.7 Å². The van der Waals surface area contributed by atoms with Crippen LogP contribution in [0.2, 0.25) is 0 Å². The normalized spacial score (nSPS) is 13.2. The van der Waals surface area contributed by atoms with Crippen molar-refractivity contribution >= 4 is 13.5 Å². The topological polar surface area (TPSA) is 9.23 Å². The van der Waals surface area contributed by atoms with E-state index in [0.29, 0.717) is 6.61 Å². The minimum atomic E-state index is -0.620. The summed E-state index contributed by atoms with van der Waals surface area (Å²) in [5, 5.41) is 1.45. The van der Waals surface area contributed by atoms with Gasteiger partial charge in [-0.05, 0) is 5.56 Å². The summed E-state index contributed by atoms with van der Waals surface area (Å²) in [7, 11) is -0.620. The fourth-order valence-corrected chi connectivity index (χ4v) is 3.96. The number of hydrogen-bond donors (Lipinski definition) is 0. The van der Waals surface area contributed by atoms with Crippen LogP contribution in [0.1, 0.15) is 26.3 Å². The van der Waals surface area contributed by atoms with Gasteiger partial charge in [0, 0.05) is 10.5 Å². The summed E-state index contributed by atoms with van der Waals surface area (Å²) in [5.74, 6) is 0. The lowest BCUT2D eigenvalue weighted by molar-refractivity contribution is 0.335. The Hall–Kier alpha value is -1.17. The molecule has 0 radical (unpaired) electrons. The first-order chi connectivity index (χ1) is 9.07. The third-order valence-electron chi connectivity index (χ3n) is 2.80. The van der Waals surface area contributed by atoms with Gasteiger partial charge in [0.2, 0.25) is 0 Å². The Morgan fingerprint density at radius 1 is 0.842 bits per heavy atom. The quantitative estimate of drug-likeness (QED) is 0.731. The summed E-state index contributed by atoms with van der Waals surface area (Å²) >= 11 is 0. The minimum absolute atomic E-state index is 0.144. The van der Waals surface area contributed by atoms with Crippen molar-refractivity contribution in [2.45, 2.75) is 32.5 Å². The van der Waals surface area contributed by atoms with Gasteiger partial charge in [-0.1, -0.05) is 81.4 Å². The van der Waals surface area contributed by atoms with Crippen LogP contribution in [0.3, 0.4) is 0 Å². The maximum absolute atomic E-state index is 6.24. The lowest BCUT2D eigenvalue weighted by atomic mass is 10.2. The molecule has 0 saturated carbocycles. The van der Waals surface area contributed by atoms with Gasteiger partial charge in [-0.15, -0.1) is 0 Å². The average molecular weight is 272 g/mol. The van der Waals surface area contributed by atoms with E-state index in [1.54, 1.807) is 0 Å². The van der Waals surface area contributed by atoms with Crippen LogP contribution in [0.5, 0.6) is 0 Å². The molecule has 0 aliphatic carbocycles. The van der Waals surface area contributed by atoms with E-state index < -0.39 is 8.15 Å². The summed E-state index contributed by atoms with van der Waals surface area (Å²) in [4.78, 5) is 0. The summed E-state index contributed by atoms with van der Waals surface area (Å²) in [6, 6.07) is 20.9. The zero-order chi connectivity index (χ0) is 13.7. The second kappa shape index (κ2) is 6.32. The molecule has 0 aliphatic rings. The standard InChI is InChI=1S/C17H21OP/c1-17(2,3)19(16-12-8-5-9-13-16)18-14-15-10-6-4-7-11-15/h4-13H,14H2,1-3H3. The first-order valence-corrected chi connectivity index (χ1v) is 7.85. The van der Waals surface area contributed by atoms with Crippen molar-refractivity contribution in [2.24, 2.45) is 0 Å². The molecular weight excluding hydrogens is 251 g/mol. The van der Waals surface area contributed by atoms with E-state index in [2.05, 4.69) is 75.4 Å². The van der Waals surface area contributed by atoms with Gasteiger partial charge in [0.15, 0.2) is 0 Å². The molecule has 2 aromatic rings. The summed E-state index contributed by atoms with van der Waals surface area (Å²) in [5.41, 5.74) is 1.23. The molecule has 0 saturated heterocycles. The zero-order valence-corrected chi connectivity index (χ0v) is 12.7. The third kappa shape index (κ3) is 4.16. The lowest BCUT2D eigenvalue weighted by Gasteiger charge is -2.30. The van der Waals surface area contributed by atoms with Crippen LogP contribution in [0, 0.1) is 0 Å². The first-order valence-electron chi connectivity index (χ1n) is 6.59. The van der Waals surface area contributed by atoms with Gasteiger partial charge in [-0.2, -0.15) is 0 Å². The number of hydrogen-bond acceptors (Lipinski definition) is 1. The van der Waals surface area contributed by atoms with Crippen LogP contribution in [-0.2, 0) is 11.1 Å². The van der Waals surface area contributed by atoms with E-state index in [9.17, 15) is 0 Å². The van der Waals surface area contributed by atoms with Crippen LogP contribution < -0.4 is 5.30 Å². The molecular formula is C17H21OP. The molecule has 0 heterocycles. The maximum Gasteiger partial charge on any atom is 0.0764 e. The Labute approximate surface area is 117 Å². The Morgan fingerprint density at radius 2 is 1.37 bits per heavy atom. The van der Waals surface area contributed by atoms with Gasteiger partial charge in [-0.3, -0.25) is 0 Å². The molecule has 2 rings (SSSR count). The van der Waals surface area contributed by atoms with Crippen LogP contribution in [0.25, 0.3) is 0 Å². The fraction of sp³-hybridized carbons (Fsp3) is 0.294. The molecule has 0 bridgehead atoms. The van der Waals surface area contributed by atoms with Gasteiger partial charge >= 0.3 is 0 Å². The van der Waals surface area contributed by atoms with Gasteiger partial charge in [0.1, 0.15) is 0 Å². The van der Waals surface area contributed by atoms with Crippen molar-refractivity contribution in [2.75, 3.05) is 0 Å². The molecule has 1 atom stereocenters. The Kier molecular flexibility index (Phi) is 4.74. The second-order valence-corrected chi connectivity index (χ2v) is 8.26. The molecule has 0 fully saturated rings. The van der Waals surface area contributed by atoms with Crippen molar-refractivity contribution < 1.29 is 4.52 Å². The first kappa shape index (κ1) is 14.2. The molecule has 0 N–H and O–H groups in total. The highest BCUT2D eigenvalue weighted by molar-refractivity contribution is 7.62. The lowest BCUT2D eigenvalue weighted by Crippen LogP contribution is -2.20. The molecule has 0 spiro atoms. The van der Waals surface area contributed by atoms with Gasteiger partial charge < -0.3 is 4.52 Å². The minimum Gasteiger partial charge on any atom is -0.349 e. The van der Waals surface area contributed by atoms with Crippen LogP contribution in [0.4, 0.5) is 0 Å². The molecule has 0 aromatic heterocycles. The van der Waals surface area contributed by atoms with E-state index in [-0.39, 0.29) is 5.16 Å². The summed E-state index contributed by atoms with van der Waals surface area (Å²) < 4.78 is 6.24. The maximum atomic E-state index is 6.24. The molecule has 0 aliphatic heterocycles. The summed E-state index contributed by atoms with van der Waals surface area (Å²) in [6.45, 7) is 7.42. The zero-order valence-electron chi connectivity index (χ0n) is 11.8. The van der Waals surface area contributed by atoms with E-state index in [1.807, 2.05) is 6.07 Å². The van der Waals surface area contributed by atoms with E-state index >= 15 is 0 Å². The van der Waals surface area contributed by atoms with Crippen LogP contribution >= 0.6 is 8.15 Å². The van der Waals surface area contributed by atoms with Crippen molar-refractivity contribution in [3.05, 3.63) is 66.2 Å². The second-order valence-electron chi connectivity index (χ2n) is 5.56. The molecule has 100 valence electrons.